The van der Waals surface area contributed by atoms with Crippen molar-refractivity contribution in [3.05, 3.63) is 57.8 Å². The van der Waals surface area contributed by atoms with Crippen molar-refractivity contribution in [3.63, 3.8) is 0 Å². The van der Waals surface area contributed by atoms with Gasteiger partial charge in [-0.15, -0.1) is 0 Å². The third kappa shape index (κ3) is 8.41. The molecular weight excluding hydrogens is 772 g/mol. The van der Waals surface area contributed by atoms with Gasteiger partial charge in [0.05, 0.1) is 25.9 Å². The lowest BCUT2D eigenvalue weighted by atomic mass is 9.98. The summed E-state index contributed by atoms with van der Waals surface area (Å²) in [5.74, 6) is -1.22. The van der Waals surface area contributed by atoms with Crippen molar-refractivity contribution in [3.8, 4) is 34.3 Å². The summed E-state index contributed by atoms with van der Waals surface area (Å²) in [5, 5.41) is 106. The highest BCUT2D eigenvalue weighted by Gasteiger charge is 2.51. The number of aliphatic hydroxyl groups excluding tert-OH is 9. The fourth-order valence-electron chi connectivity index (χ4n) is 6.93. The van der Waals surface area contributed by atoms with Crippen LogP contribution in [0.2, 0.25) is 0 Å². The lowest BCUT2D eigenvalue weighted by molar-refractivity contribution is -0.352. The van der Waals surface area contributed by atoms with Crippen LogP contribution in [0.5, 0.6) is 23.0 Å². The largest absolute Gasteiger partial charge is 0.507 e. The fraction of sp³-hybridized carbons (Fsp3) is 0.564. The number of hydrogen-bond donors (Lipinski definition) is 10. The van der Waals surface area contributed by atoms with Crippen LogP contribution in [0.4, 0.5) is 0 Å². The first-order valence-corrected chi connectivity index (χ1v) is 18.6. The van der Waals surface area contributed by atoms with Crippen LogP contribution in [0.25, 0.3) is 22.3 Å². The van der Waals surface area contributed by atoms with Crippen LogP contribution < -0.4 is 19.6 Å². The third-order valence-corrected chi connectivity index (χ3v) is 10.4. The molecule has 0 bridgehead atoms. The smallest absolute Gasteiger partial charge is 0.239 e. The second-order valence-corrected chi connectivity index (χ2v) is 14.8. The van der Waals surface area contributed by atoms with Gasteiger partial charge in [-0.1, -0.05) is 11.6 Å². The first kappa shape index (κ1) is 43.6. The van der Waals surface area contributed by atoms with Crippen molar-refractivity contribution in [2.24, 2.45) is 0 Å². The van der Waals surface area contributed by atoms with Crippen molar-refractivity contribution in [1.29, 1.82) is 0 Å². The SMILES string of the molecule is COc1ccc(-c2oc3c(CC=C(C)C)c(OC4OC(CO)C(O)C(O)C4O)cc(O)c3c(=O)c2OC2OC(C)C(O)C(O)C2OC2OC(C)C(O)C(O)C2O)cc1. The summed E-state index contributed by atoms with van der Waals surface area (Å²) < 4.78 is 46.9. The van der Waals surface area contributed by atoms with Gasteiger partial charge in [-0.3, -0.25) is 4.79 Å². The molecule has 19 nitrogen and oxygen atoms in total. The Bertz CT molecular complexity index is 1980. The molecule has 0 amide bonds. The molecule has 0 spiro atoms. The van der Waals surface area contributed by atoms with Gasteiger partial charge in [-0.25, -0.2) is 0 Å². The van der Waals surface area contributed by atoms with E-state index in [2.05, 4.69) is 0 Å². The lowest BCUT2D eigenvalue weighted by Crippen LogP contribution is -2.63. The van der Waals surface area contributed by atoms with Gasteiger partial charge in [0, 0.05) is 17.2 Å². The standard InChI is InChI=1S/C39H50O19/c1-14(2)6-11-19-21(54-38-32(50)29(47)26(44)22(13-40)55-38)12-20(41)23-27(45)35(33(56-34(19)23)17-7-9-18(51-5)10-8-17)57-39-36(30(48)25(43)16(4)53-39)58-37-31(49)28(46)24(42)15(3)52-37/h6-10,12,15-16,22,24-26,28-32,36-44,46-50H,11,13H2,1-5H3. The molecule has 10 N–H and O–H groups in total. The minimum absolute atomic E-state index is 0.0169. The minimum atomic E-state index is -1.83. The highest BCUT2D eigenvalue weighted by atomic mass is 16.8. The average molecular weight is 823 g/mol. The van der Waals surface area contributed by atoms with Crippen LogP contribution in [0.1, 0.15) is 33.3 Å². The number of phenols is 1. The van der Waals surface area contributed by atoms with Gasteiger partial charge in [0.2, 0.25) is 23.8 Å². The zero-order valence-electron chi connectivity index (χ0n) is 32.2. The van der Waals surface area contributed by atoms with Gasteiger partial charge in [-0.05, 0) is 58.4 Å². The summed E-state index contributed by atoms with van der Waals surface area (Å²) >= 11 is 0. The summed E-state index contributed by atoms with van der Waals surface area (Å²) in [6.45, 7) is 5.71. The molecule has 4 heterocycles. The van der Waals surface area contributed by atoms with Crippen molar-refractivity contribution in [2.75, 3.05) is 13.7 Å². The maximum Gasteiger partial charge on any atom is 0.239 e. The van der Waals surface area contributed by atoms with Gasteiger partial charge in [0.15, 0.2) is 18.2 Å². The molecule has 3 aliphatic rings. The Hall–Kier alpha value is -3.93. The normalized spacial score (nSPS) is 35.4. The molecule has 320 valence electrons. The first-order chi connectivity index (χ1) is 27.5. The zero-order chi connectivity index (χ0) is 42.3. The molecule has 0 radical (unpaired) electrons. The molecule has 6 rings (SSSR count). The van der Waals surface area contributed by atoms with Crippen LogP contribution in [0.3, 0.4) is 0 Å². The molecule has 3 saturated heterocycles. The predicted molar refractivity (Wildman–Crippen MR) is 198 cm³/mol. The maximum atomic E-state index is 14.7. The van der Waals surface area contributed by atoms with Crippen LogP contribution in [0.15, 0.2) is 51.2 Å². The van der Waals surface area contributed by atoms with E-state index in [9.17, 15) is 55.9 Å². The Morgan fingerprint density at radius 2 is 1.36 bits per heavy atom. The number of benzene rings is 2. The quantitative estimate of drug-likeness (QED) is 0.103. The Labute approximate surface area is 331 Å². The summed E-state index contributed by atoms with van der Waals surface area (Å²) in [4.78, 5) is 14.7. The summed E-state index contributed by atoms with van der Waals surface area (Å²) in [5.41, 5.74) is 0.0592. The first-order valence-electron chi connectivity index (χ1n) is 18.6. The minimum Gasteiger partial charge on any atom is -0.507 e. The topological polar surface area (TPSA) is 297 Å². The van der Waals surface area contributed by atoms with Crippen molar-refractivity contribution in [2.45, 2.75) is 126 Å². The van der Waals surface area contributed by atoms with E-state index in [4.69, 9.17) is 37.6 Å². The monoisotopic (exact) mass is 822 g/mol. The Balaban J connectivity index is 1.50. The molecule has 19 heteroatoms. The molecule has 58 heavy (non-hydrogen) atoms. The molecule has 1 aromatic heterocycles. The van der Waals surface area contributed by atoms with E-state index in [1.54, 1.807) is 18.2 Å². The number of aromatic hydroxyl groups is 1. The van der Waals surface area contributed by atoms with Crippen molar-refractivity contribution in [1.82, 2.24) is 0 Å². The van der Waals surface area contributed by atoms with Gasteiger partial charge in [0.25, 0.3) is 0 Å². The number of hydrogen-bond acceptors (Lipinski definition) is 19. The number of fused-ring (bicyclic) bond motifs is 1. The fourth-order valence-corrected chi connectivity index (χ4v) is 6.93. The number of methoxy groups -OCH3 is 1. The summed E-state index contributed by atoms with van der Waals surface area (Å²) in [6, 6.07) is 7.27. The molecule has 3 fully saturated rings. The van der Waals surface area contributed by atoms with Crippen LogP contribution >= 0.6 is 0 Å². The van der Waals surface area contributed by atoms with Gasteiger partial charge >= 0.3 is 0 Å². The van der Waals surface area contributed by atoms with E-state index in [-0.39, 0.29) is 34.6 Å². The highest BCUT2D eigenvalue weighted by Crippen LogP contribution is 2.42. The van der Waals surface area contributed by atoms with E-state index >= 15 is 0 Å². The van der Waals surface area contributed by atoms with Crippen LogP contribution in [-0.4, -0.2) is 157 Å². The van der Waals surface area contributed by atoms with E-state index in [1.807, 2.05) is 13.8 Å². The van der Waals surface area contributed by atoms with E-state index in [1.165, 1.54) is 33.1 Å². The van der Waals surface area contributed by atoms with Crippen LogP contribution in [0, 0.1) is 0 Å². The van der Waals surface area contributed by atoms with Crippen molar-refractivity contribution >= 4 is 11.0 Å². The number of allylic oxidation sites excluding steroid dienone is 2. The summed E-state index contributed by atoms with van der Waals surface area (Å²) in [6.07, 6.45) is -22.2. The number of rotatable bonds is 11. The highest BCUT2D eigenvalue weighted by molar-refractivity contribution is 5.91. The molecule has 2 aromatic carbocycles. The Kier molecular flexibility index (Phi) is 13.3. The van der Waals surface area contributed by atoms with Gasteiger partial charge in [0.1, 0.15) is 83.2 Å². The maximum absolute atomic E-state index is 14.7. The summed E-state index contributed by atoms with van der Waals surface area (Å²) in [7, 11) is 1.45. The molecule has 15 unspecified atom stereocenters. The average Bonchev–Trinajstić information content (AvgIpc) is 3.20. The third-order valence-electron chi connectivity index (χ3n) is 10.4. The molecular formula is C39H50O19. The van der Waals surface area contributed by atoms with E-state index in [0.29, 0.717) is 5.75 Å². The molecule has 3 aromatic rings. The zero-order valence-corrected chi connectivity index (χ0v) is 32.2. The van der Waals surface area contributed by atoms with Crippen molar-refractivity contribution < 1.29 is 88.6 Å². The molecule has 3 aliphatic heterocycles. The molecule has 0 aliphatic carbocycles. The van der Waals surface area contributed by atoms with E-state index in [0.717, 1.165) is 11.6 Å². The second kappa shape index (κ2) is 17.7. The number of aliphatic hydroxyl groups is 9. The number of phenolic OH excluding ortho intramolecular Hbond substituents is 1. The predicted octanol–water partition coefficient (Wildman–Crippen LogP) is -1.08. The van der Waals surface area contributed by atoms with Gasteiger partial charge in [-0.2, -0.15) is 0 Å². The molecule has 0 saturated carbocycles. The van der Waals surface area contributed by atoms with Crippen LogP contribution in [-0.2, 0) is 25.4 Å². The number of ether oxygens (including phenoxy) is 7. The lowest BCUT2D eigenvalue weighted by Gasteiger charge is -2.45. The van der Waals surface area contributed by atoms with Gasteiger partial charge < -0.3 is 88.6 Å². The Morgan fingerprint density at radius 3 is 1.98 bits per heavy atom. The van der Waals surface area contributed by atoms with E-state index < -0.39 is 121 Å². The second-order valence-electron chi connectivity index (χ2n) is 14.8. The Morgan fingerprint density at radius 1 is 0.759 bits per heavy atom. The molecule has 15 atom stereocenters.